The van der Waals surface area contributed by atoms with Crippen molar-refractivity contribution in [1.82, 2.24) is 0 Å². The second-order valence-electron chi connectivity index (χ2n) is 3.32. The van der Waals surface area contributed by atoms with Crippen LogP contribution in [0, 0.1) is 0 Å². The van der Waals surface area contributed by atoms with Gasteiger partial charge in [0, 0.05) is 0 Å². The van der Waals surface area contributed by atoms with E-state index in [1.165, 1.54) is 0 Å². The van der Waals surface area contributed by atoms with Crippen LogP contribution in [0.5, 0.6) is 0 Å². The molecule has 0 fully saturated rings. The number of hydrogen-bond donors (Lipinski definition) is 0. The third-order valence-electron chi connectivity index (χ3n) is 2.28. The Kier molecular flexibility index (Phi) is 4.63. The Balaban J connectivity index is 2.73. The summed E-state index contributed by atoms with van der Waals surface area (Å²) < 4.78 is 5.29. The van der Waals surface area contributed by atoms with Gasteiger partial charge in [-0.05, 0) is 25.0 Å². The summed E-state index contributed by atoms with van der Waals surface area (Å²) in [7, 11) is 0. The minimum atomic E-state index is -0.339. The predicted molar refractivity (Wildman–Crippen MR) is 61.2 cm³/mol. The lowest BCUT2D eigenvalue weighted by atomic mass is 10.2. The first-order chi connectivity index (χ1) is 7.19. The lowest BCUT2D eigenvalue weighted by molar-refractivity contribution is 0.0284. The van der Waals surface area contributed by atoms with Gasteiger partial charge in [0.1, 0.15) is 6.10 Å². The van der Waals surface area contributed by atoms with E-state index in [-0.39, 0.29) is 12.1 Å². The topological polar surface area (TPSA) is 26.3 Å². The highest BCUT2D eigenvalue weighted by Gasteiger charge is 2.14. The number of carbonyl (C=O) groups is 1. The highest BCUT2D eigenvalue weighted by atomic mass is 35.5. The Morgan fingerprint density at radius 1 is 1.33 bits per heavy atom. The maximum atomic E-state index is 11.7. The van der Waals surface area contributed by atoms with Gasteiger partial charge in [-0.25, -0.2) is 4.79 Å². The van der Waals surface area contributed by atoms with Crippen molar-refractivity contribution < 1.29 is 9.53 Å². The van der Waals surface area contributed by atoms with E-state index in [2.05, 4.69) is 0 Å². The second-order valence-corrected chi connectivity index (χ2v) is 3.73. The molecule has 0 heterocycles. The lowest BCUT2D eigenvalue weighted by Crippen LogP contribution is -2.16. The van der Waals surface area contributed by atoms with Crippen LogP contribution in [0.25, 0.3) is 0 Å². The highest BCUT2D eigenvalue weighted by Crippen LogP contribution is 2.17. The smallest absolute Gasteiger partial charge is 0.339 e. The summed E-state index contributed by atoms with van der Waals surface area (Å²) in [4.78, 5) is 11.7. The number of hydrogen-bond acceptors (Lipinski definition) is 2. The van der Waals surface area contributed by atoms with Crippen LogP contribution in [-0.2, 0) is 4.74 Å². The average molecular weight is 227 g/mol. The number of carbonyl (C=O) groups excluding carboxylic acids is 1. The van der Waals surface area contributed by atoms with Gasteiger partial charge in [-0.2, -0.15) is 0 Å². The van der Waals surface area contributed by atoms with Crippen LogP contribution in [0.4, 0.5) is 0 Å². The van der Waals surface area contributed by atoms with E-state index in [1.807, 2.05) is 13.8 Å². The number of ether oxygens (including phenoxy) is 1. The standard InChI is InChI=1S/C12H15ClO2/c1-3-9(4-2)15-12(14)10-7-5-6-8-11(10)13/h5-9H,3-4H2,1-2H3. The molecule has 15 heavy (non-hydrogen) atoms. The third-order valence-corrected chi connectivity index (χ3v) is 2.61. The molecular formula is C12H15ClO2. The predicted octanol–water partition coefficient (Wildman–Crippen LogP) is 3.69. The maximum Gasteiger partial charge on any atom is 0.339 e. The van der Waals surface area contributed by atoms with Gasteiger partial charge in [0.2, 0.25) is 0 Å². The van der Waals surface area contributed by atoms with Gasteiger partial charge < -0.3 is 4.74 Å². The van der Waals surface area contributed by atoms with Crippen molar-refractivity contribution in [3.05, 3.63) is 34.9 Å². The highest BCUT2D eigenvalue weighted by molar-refractivity contribution is 6.33. The molecule has 2 nitrogen and oxygen atoms in total. The molecule has 0 aliphatic heterocycles. The van der Waals surface area contributed by atoms with Crippen molar-refractivity contribution >= 4 is 17.6 Å². The molecule has 0 aliphatic rings. The van der Waals surface area contributed by atoms with Crippen LogP contribution >= 0.6 is 11.6 Å². The van der Waals surface area contributed by atoms with Crippen molar-refractivity contribution in [2.45, 2.75) is 32.8 Å². The lowest BCUT2D eigenvalue weighted by Gasteiger charge is -2.14. The van der Waals surface area contributed by atoms with Gasteiger partial charge in [0.25, 0.3) is 0 Å². The van der Waals surface area contributed by atoms with Crippen LogP contribution in [-0.4, -0.2) is 12.1 Å². The van der Waals surface area contributed by atoms with Crippen molar-refractivity contribution in [2.24, 2.45) is 0 Å². The molecule has 0 radical (unpaired) electrons. The third kappa shape index (κ3) is 3.24. The zero-order valence-corrected chi connectivity index (χ0v) is 9.75. The molecular weight excluding hydrogens is 212 g/mol. The molecule has 0 saturated heterocycles. The molecule has 0 unspecified atom stereocenters. The van der Waals surface area contributed by atoms with Crippen LogP contribution in [0.15, 0.2) is 24.3 Å². The molecule has 0 aromatic heterocycles. The fourth-order valence-corrected chi connectivity index (χ4v) is 1.51. The van der Waals surface area contributed by atoms with Crippen LogP contribution in [0.2, 0.25) is 5.02 Å². The molecule has 0 N–H and O–H groups in total. The monoisotopic (exact) mass is 226 g/mol. The molecule has 3 heteroatoms. The van der Waals surface area contributed by atoms with Crippen LogP contribution in [0.1, 0.15) is 37.0 Å². The Morgan fingerprint density at radius 3 is 2.47 bits per heavy atom. The zero-order valence-electron chi connectivity index (χ0n) is 9.00. The summed E-state index contributed by atoms with van der Waals surface area (Å²) in [6.07, 6.45) is 1.63. The van der Waals surface area contributed by atoms with E-state index < -0.39 is 0 Å². The number of benzene rings is 1. The van der Waals surface area contributed by atoms with E-state index in [1.54, 1.807) is 24.3 Å². The maximum absolute atomic E-state index is 11.7. The number of halogens is 1. The first kappa shape index (κ1) is 12.1. The molecule has 1 aromatic carbocycles. The molecule has 0 saturated carbocycles. The Morgan fingerprint density at radius 2 is 1.93 bits per heavy atom. The van der Waals surface area contributed by atoms with E-state index in [9.17, 15) is 4.79 Å². The number of esters is 1. The van der Waals surface area contributed by atoms with E-state index in [0.717, 1.165) is 12.8 Å². The molecule has 0 spiro atoms. The SMILES string of the molecule is CCC(CC)OC(=O)c1ccccc1Cl. The summed E-state index contributed by atoms with van der Waals surface area (Å²) >= 11 is 5.89. The van der Waals surface area contributed by atoms with Crippen LogP contribution < -0.4 is 0 Å². The van der Waals surface area contributed by atoms with Crippen molar-refractivity contribution in [1.29, 1.82) is 0 Å². The normalized spacial score (nSPS) is 10.4. The fraction of sp³-hybridized carbons (Fsp3) is 0.417. The van der Waals surface area contributed by atoms with Crippen molar-refractivity contribution in [2.75, 3.05) is 0 Å². The van der Waals surface area contributed by atoms with E-state index in [4.69, 9.17) is 16.3 Å². The first-order valence-electron chi connectivity index (χ1n) is 5.14. The fourth-order valence-electron chi connectivity index (χ4n) is 1.30. The molecule has 0 atom stereocenters. The molecule has 1 aromatic rings. The summed E-state index contributed by atoms with van der Waals surface area (Å²) in [5, 5.41) is 0.438. The molecule has 1 rings (SSSR count). The summed E-state index contributed by atoms with van der Waals surface area (Å²) in [5.41, 5.74) is 0.436. The quantitative estimate of drug-likeness (QED) is 0.732. The zero-order chi connectivity index (χ0) is 11.3. The van der Waals surface area contributed by atoms with Crippen molar-refractivity contribution in [3.8, 4) is 0 Å². The van der Waals surface area contributed by atoms with Gasteiger partial charge in [-0.15, -0.1) is 0 Å². The molecule has 0 amide bonds. The summed E-state index contributed by atoms with van der Waals surface area (Å²) in [6, 6.07) is 6.92. The van der Waals surface area contributed by atoms with Gasteiger partial charge in [0.05, 0.1) is 10.6 Å². The van der Waals surface area contributed by atoms with Crippen LogP contribution in [0.3, 0.4) is 0 Å². The van der Waals surface area contributed by atoms with Gasteiger partial charge in [-0.3, -0.25) is 0 Å². The van der Waals surface area contributed by atoms with Gasteiger partial charge in [-0.1, -0.05) is 37.6 Å². The Bertz CT molecular complexity index is 332. The minimum Gasteiger partial charge on any atom is -0.459 e. The minimum absolute atomic E-state index is 0.0197. The average Bonchev–Trinajstić information content (AvgIpc) is 2.26. The summed E-state index contributed by atoms with van der Waals surface area (Å²) in [5.74, 6) is -0.339. The largest absolute Gasteiger partial charge is 0.459 e. The van der Waals surface area contributed by atoms with E-state index in [0.29, 0.717) is 10.6 Å². The van der Waals surface area contributed by atoms with E-state index >= 15 is 0 Å². The van der Waals surface area contributed by atoms with Gasteiger partial charge in [0.15, 0.2) is 0 Å². The molecule has 82 valence electrons. The molecule has 0 aliphatic carbocycles. The summed E-state index contributed by atoms with van der Waals surface area (Å²) in [6.45, 7) is 3.99. The second kappa shape index (κ2) is 5.76. The Hall–Kier alpha value is -1.02. The van der Waals surface area contributed by atoms with Gasteiger partial charge >= 0.3 is 5.97 Å². The first-order valence-corrected chi connectivity index (χ1v) is 5.52. The number of rotatable bonds is 4. The molecule has 0 bridgehead atoms. The Labute approximate surface area is 95.2 Å². The van der Waals surface area contributed by atoms with Crippen molar-refractivity contribution in [3.63, 3.8) is 0 Å².